The van der Waals surface area contributed by atoms with Gasteiger partial charge in [-0.3, -0.25) is 10.1 Å². The van der Waals surface area contributed by atoms with E-state index in [1.165, 1.54) is 25.9 Å². The SMILES string of the molecule is Cc1cc([N+](=O)[O-])ccc1NC(C)CN1CCCC1. The lowest BCUT2D eigenvalue weighted by atomic mass is 10.1. The summed E-state index contributed by atoms with van der Waals surface area (Å²) in [5.41, 5.74) is 2.05. The number of non-ortho nitro benzene ring substituents is 1. The van der Waals surface area contributed by atoms with Crippen LogP contribution in [0.4, 0.5) is 11.4 Å². The van der Waals surface area contributed by atoms with Gasteiger partial charge < -0.3 is 10.2 Å². The molecule has 0 radical (unpaired) electrons. The van der Waals surface area contributed by atoms with Gasteiger partial charge in [0, 0.05) is 30.4 Å². The van der Waals surface area contributed by atoms with Crippen LogP contribution in [0, 0.1) is 17.0 Å². The molecule has 1 unspecified atom stereocenters. The van der Waals surface area contributed by atoms with E-state index in [4.69, 9.17) is 0 Å². The second-order valence-electron chi connectivity index (χ2n) is 5.31. The van der Waals surface area contributed by atoms with E-state index in [9.17, 15) is 10.1 Å². The lowest BCUT2D eigenvalue weighted by molar-refractivity contribution is -0.384. The van der Waals surface area contributed by atoms with Crippen molar-refractivity contribution in [2.24, 2.45) is 0 Å². The first-order valence-electron chi connectivity index (χ1n) is 6.80. The molecule has 1 N–H and O–H groups in total. The van der Waals surface area contributed by atoms with E-state index in [1.54, 1.807) is 18.2 Å². The largest absolute Gasteiger partial charge is 0.381 e. The summed E-state index contributed by atoms with van der Waals surface area (Å²) in [6.45, 7) is 7.45. The third-order valence-corrected chi connectivity index (χ3v) is 3.55. The Balaban J connectivity index is 1.96. The quantitative estimate of drug-likeness (QED) is 0.655. The average Bonchev–Trinajstić information content (AvgIpc) is 2.84. The van der Waals surface area contributed by atoms with E-state index < -0.39 is 0 Å². The summed E-state index contributed by atoms with van der Waals surface area (Å²) >= 11 is 0. The predicted octanol–water partition coefficient (Wildman–Crippen LogP) is 2.80. The molecular weight excluding hydrogens is 242 g/mol. The van der Waals surface area contributed by atoms with Crippen LogP contribution in [0.25, 0.3) is 0 Å². The van der Waals surface area contributed by atoms with Crippen LogP contribution in [0.2, 0.25) is 0 Å². The normalized spacial score (nSPS) is 17.4. The number of aryl methyl sites for hydroxylation is 1. The predicted molar refractivity (Wildman–Crippen MR) is 76.6 cm³/mol. The first-order chi connectivity index (χ1) is 9.06. The maximum absolute atomic E-state index is 10.7. The molecule has 1 atom stereocenters. The smallest absolute Gasteiger partial charge is 0.269 e. The molecule has 0 aromatic heterocycles. The van der Waals surface area contributed by atoms with Crippen LogP contribution in [-0.2, 0) is 0 Å². The number of hydrogen-bond donors (Lipinski definition) is 1. The molecule has 1 aliphatic rings. The van der Waals surface area contributed by atoms with Crippen molar-refractivity contribution in [2.75, 3.05) is 25.0 Å². The number of rotatable bonds is 5. The molecule has 0 saturated carbocycles. The van der Waals surface area contributed by atoms with Crippen LogP contribution in [0.15, 0.2) is 18.2 Å². The number of likely N-dealkylation sites (tertiary alicyclic amines) is 1. The molecule has 0 amide bonds. The molecule has 1 aromatic carbocycles. The summed E-state index contributed by atoms with van der Waals surface area (Å²) in [6, 6.07) is 5.31. The van der Waals surface area contributed by atoms with E-state index in [-0.39, 0.29) is 10.6 Å². The minimum absolute atomic E-state index is 0.148. The van der Waals surface area contributed by atoms with Crippen LogP contribution in [0.1, 0.15) is 25.3 Å². The van der Waals surface area contributed by atoms with Crippen LogP contribution < -0.4 is 5.32 Å². The third-order valence-electron chi connectivity index (χ3n) is 3.55. The average molecular weight is 263 g/mol. The highest BCUT2D eigenvalue weighted by molar-refractivity contribution is 5.55. The molecule has 0 bridgehead atoms. The maximum Gasteiger partial charge on any atom is 0.269 e. The molecule has 104 valence electrons. The lowest BCUT2D eigenvalue weighted by Gasteiger charge is -2.22. The number of nitro benzene ring substituents is 1. The second kappa shape index (κ2) is 6.02. The fourth-order valence-corrected chi connectivity index (χ4v) is 2.59. The molecule has 19 heavy (non-hydrogen) atoms. The van der Waals surface area contributed by atoms with Crippen molar-refractivity contribution in [3.63, 3.8) is 0 Å². The van der Waals surface area contributed by atoms with Crippen molar-refractivity contribution in [3.8, 4) is 0 Å². The Kier molecular flexibility index (Phi) is 4.37. The highest BCUT2D eigenvalue weighted by Gasteiger charge is 2.15. The van der Waals surface area contributed by atoms with Crippen molar-refractivity contribution in [1.82, 2.24) is 4.90 Å². The highest BCUT2D eigenvalue weighted by Crippen LogP contribution is 2.22. The fourth-order valence-electron chi connectivity index (χ4n) is 2.59. The van der Waals surface area contributed by atoms with Crippen LogP contribution in [-0.4, -0.2) is 35.5 Å². The number of nitrogens with zero attached hydrogens (tertiary/aromatic N) is 2. The van der Waals surface area contributed by atoms with Gasteiger partial charge in [0.15, 0.2) is 0 Å². The Bertz CT molecular complexity index is 456. The summed E-state index contributed by atoms with van der Waals surface area (Å²) in [6.07, 6.45) is 2.59. The minimum atomic E-state index is -0.357. The first-order valence-corrected chi connectivity index (χ1v) is 6.80. The van der Waals surface area contributed by atoms with Gasteiger partial charge in [-0.15, -0.1) is 0 Å². The zero-order chi connectivity index (χ0) is 13.8. The van der Waals surface area contributed by atoms with Crippen molar-refractivity contribution in [1.29, 1.82) is 0 Å². The van der Waals surface area contributed by atoms with Crippen LogP contribution in [0.5, 0.6) is 0 Å². The van der Waals surface area contributed by atoms with Gasteiger partial charge >= 0.3 is 0 Å². The zero-order valence-electron chi connectivity index (χ0n) is 11.6. The molecule has 2 rings (SSSR count). The van der Waals surface area contributed by atoms with Gasteiger partial charge in [0.1, 0.15) is 0 Å². The Hall–Kier alpha value is -1.62. The molecule has 0 aliphatic carbocycles. The molecule has 1 saturated heterocycles. The third kappa shape index (κ3) is 3.67. The van der Waals surface area contributed by atoms with Crippen LogP contribution >= 0.6 is 0 Å². The van der Waals surface area contributed by atoms with Gasteiger partial charge in [-0.1, -0.05) is 0 Å². The monoisotopic (exact) mass is 263 g/mol. The Labute approximate surface area is 113 Å². The summed E-state index contributed by atoms with van der Waals surface area (Å²) < 4.78 is 0. The number of nitrogens with one attached hydrogen (secondary N) is 1. The molecule has 1 aromatic rings. The standard InChI is InChI=1S/C14H21N3O2/c1-11-9-13(17(18)19)5-6-14(11)15-12(2)10-16-7-3-4-8-16/h5-6,9,12,15H,3-4,7-8,10H2,1-2H3. The van der Waals surface area contributed by atoms with E-state index >= 15 is 0 Å². The first kappa shape index (κ1) is 13.8. The van der Waals surface area contributed by atoms with Crippen molar-refractivity contribution >= 4 is 11.4 Å². The number of anilines is 1. The van der Waals surface area contributed by atoms with E-state index in [2.05, 4.69) is 17.1 Å². The maximum atomic E-state index is 10.7. The molecule has 0 spiro atoms. The van der Waals surface area contributed by atoms with E-state index in [0.717, 1.165) is 17.8 Å². The van der Waals surface area contributed by atoms with E-state index in [1.807, 2.05) is 6.92 Å². The minimum Gasteiger partial charge on any atom is -0.381 e. The molecule has 1 fully saturated rings. The number of benzene rings is 1. The van der Waals surface area contributed by atoms with Gasteiger partial charge in [0.25, 0.3) is 5.69 Å². The highest BCUT2D eigenvalue weighted by atomic mass is 16.6. The fraction of sp³-hybridized carbons (Fsp3) is 0.571. The molecular formula is C14H21N3O2. The molecule has 1 aliphatic heterocycles. The summed E-state index contributed by atoms with van der Waals surface area (Å²) in [7, 11) is 0. The summed E-state index contributed by atoms with van der Waals surface area (Å²) in [4.78, 5) is 12.8. The van der Waals surface area contributed by atoms with Gasteiger partial charge in [-0.2, -0.15) is 0 Å². The van der Waals surface area contributed by atoms with Gasteiger partial charge in [0.05, 0.1) is 4.92 Å². The number of hydrogen-bond acceptors (Lipinski definition) is 4. The lowest BCUT2D eigenvalue weighted by Crippen LogP contribution is -2.33. The Morgan fingerprint density at radius 1 is 1.42 bits per heavy atom. The Morgan fingerprint density at radius 2 is 2.11 bits per heavy atom. The number of nitro groups is 1. The Morgan fingerprint density at radius 3 is 2.68 bits per heavy atom. The molecule has 5 heteroatoms. The molecule has 5 nitrogen and oxygen atoms in total. The van der Waals surface area contributed by atoms with Gasteiger partial charge in [-0.05, 0) is 51.4 Å². The second-order valence-corrected chi connectivity index (χ2v) is 5.31. The topological polar surface area (TPSA) is 58.4 Å². The van der Waals surface area contributed by atoms with Crippen molar-refractivity contribution < 1.29 is 4.92 Å². The van der Waals surface area contributed by atoms with Crippen LogP contribution in [0.3, 0.4) is 0 Å². The summed E-state index contributed by atoms with van der Waals surface area (Å²) in [5.74, 6) is 0. The summed E-state index contributed by atoms with van der Waals surface area (Å²) in [5, 5.41) is 14.1. The molecule has 1 heterocycles. The van der Waals surface area contributed by atoms with E-state index in [0.29, 0.717) is 6.04 Å². The van der Waals surface area contributed by atoms with Crippen molar-refractivity contribution in [3.05, 3.63) is 33.9 Å². The van der Waals surface area contributed by atoms with Crippen molar-refractivity contribution in [2.45, 2.75) is 32.7 Å². The van der Waals surface area contributed by atoms with Gasteiger partial charge in [-0.25, -0.2) is 0 Å². The zero-order valence-corrected chi connectivity index (χ0v) is 11.6. The van der Waals surface area contributed by atoms with Gasteiger partial charge in [0.2, 0.25) is 0 Å².